The van der Waals surface area contributed by atoms with Crippen molar-refractivity contribution in [2.75, 3.05) is 13.2 Å². The van der Waals surface area contributed by atoms with E-state index < -0.39 is 110 Å². The van der Waals surface area contributed by atoms with E-state index in [1.165, 1.54) is 0 Å². The van der Waals surface area contributed by atoms with Gasteiger partial charge >= 0.3 is 30.0 Å². The summed E-state index contributed by atoms with van der Waals surface area (Å²) < 4.78 is 62.3. The maximum absolute atomic E-state index is 13.1. The Bertz CT molecular complexity index is 1130. The summed E-state index contributed by atoms with van der Waals surface area (Å²) in [6.07, 6.45) is -11.6. The molecule has 4 heterocycles. The fraction of sp³-hybridized carbons (Fsp3) is 0.815. The number of ether oxygens (including phenoxy) is 11. The largest absolute Gasteiger partial charge is 0.463 e. The summed E-state index contributed by atoms with van der Waals surface area (Å²) in [5, 5.41) is 2.43. The van der Waals surface area contributed by atoms with Gasteiger partial charge in [-0.25, -0.2) is 4.79 Å². The number of alkyl carbamates (subject to hydrolysis) is 1. The minimum atomic E-state index is -1.51. The number of hydrogen-bond acceptors (Lipinski definition) is 16. The van der Waals surface area contributed by atoms with Crippen molar-refractivity contribution in [3.05, 3.63) is 0 Å². The lowest BCUT2D eigenvalue weighted by atomic mass is 9.97. The molecule has 4 rings (SSSR count). The number of fused-ring (bicyclic) bond motifs is 3. The molecule has 10 atom stereocenters. The number of amides is 1. The zero-order valence-corrected chi connectivity index (χ0v) is 25.7. The maximum atomic E-state index is 13.1. The molecule has 1 amide bonds. The highest BCUT2D eigenvalue weighted by Gasteiger charge is 2.61. The normalized spacial score (nSPS) is 36.6. The first-order chi connectivity index (χ1) is 20.4. The molecule has 0 aromatic heterocycles. The summed E-state index contributed by atoms with van der Waals surface area (Å²) in [5.41, 5.74) is 0. The van der Waals surface area contributed by atoms with Crippen LogP contribution >= 0.6 is 0 Å². The molecule has 0 saturated carbocycles. The van der Waals surface area contributed by atoms with E-state index in [0.717, 1.165) is 27.7 Å². The van der Waals surface area contributed by atoms with E-state index in [0.29, 0.717) is 0 Å². The van der Waals surface area contributed by atoms with Gasteiger partial charge in [-0.1, -0.05) is 0 Å². The van der Waals surface area contributed by atoms with Crippen molar-refractivity contribution in [3.63, 3.8) is 0 Å². The van der Waals surface area contributed by atoms with E-state index in [9.17, 15) is 24.0 Å². The van der Waals surface area contributed by atoms with Gasteiger partial charge in [-0.2, -0.15) is 0 Å². The third-order valence-electron chi connectivity index (χ3n) is 6.88. The van der Waals surface area contributed by atoms with Gasteiger partial charge in [0.1, 0.15) is 43.7 Å². The minimum Gasteiger partial charge on any atom is -0.463 e. The summed E-state index contributed by atoms with van der Waals surface area (Å²) in [7, 11) is 0. The summed E-state index contributed by atoms with van der Waals surface area (Å²) in [6, 6.07) is 0. The summed E-state index contributed by atoms with van der Waals surface area (Å²) in [6.45, 7) is 10.6. The summed E-state index contributed by atoms with van der Waals surface area (Å²) >= 11 is 0. The van der Waals surface area contributed by atoms with E-state index in [1.807, 2.05) is 0 Å². The lowest BCUT2D eigenvalue weighted by Gasteiger charge is -2.44. The Morgan fingerprint density at radius 2 is 1.11 bits per heavy atom. The average molecular weight is 634 g/mol. The lowest BCUT2D eigenvalue weighted by molar-refractivity contribution is -0.256. The Labute approximate surface area is 253 Å². The molecule has 0 aromatic rings. The van der Waals surface area contributed by atoms with E-state index in [1.54, 1.807) is 27.7 Å². The molecule has 4 fully saturated rings. The van der Waals surface area contributed by atoms with Gasteiger partial charge < -0.3 is 52.1 Å². The van der Waals surface area contributed by atoms with Crippen LogP contribution in [0, 0.1) is 0 Å². The number of esters is 4. The molecule has 0 radical (unpaired) electrons. The highest BCUT2D eigenvalue weighted by Crippen LogP contribution is 2.44. The summed E-state index contributed by atoms with van der Waals surface area (Å²) in [5.74, 6) is -5.03. The number of carbonyl (C=O) groups excluding carboxylic acids is 5. The second-order valence-electron chi connectivity index (χ2n) is 11.6. The molecule has 0 bridgehead atoms. The molecule has 0 aromatic carbocycles. The van der Waals surface area contributed by atoms with Crippen LogP contribution in [-0.2, 0) is 71.3 Å². The molecule has 17 heteroatoms. The van der Waals surface area contributed by atoms with Crippen molar-refractivity contribution < 1.29 is 76.1 Å². The zero-order valence-electron chi connectivity index (χ0n) is 25.7. The second-order valence-corrected chi connectivity index (χ2v) is 11.6. The molecule has 4 aliphatic rings. The van der Waals surface area contributed by atoms with E-state index >= 15 is 0 Å². The van der Waals surface area contributed by atoms with Gasteiger partial charge in [0, 0.05) is 27.7 Å². The molecule has 1 N–H and O–H groups in total. The van der Waals surface area contributed by atoms with Crippen LogP contribution in [0.4, 0.5) is 4.79 Å². The molecule has 0 aliphatic carbocycles. The first kappa shape index (κ1) is 33.8. The van der Waals surface area contributed by atoms with Crippen molar-refractivity contribution in [2.45, 2.75) is 128 Å². The Morgan fingerprint density at radius 3 is 1.73 bits per heavy atom. The predicted octanol–water partition coefficient (Wildman–Crippen LogP) is 0.192. The van der Waals surface area contributed by atoms with Crippen molar-refractivity contribution in [1.82, 2.24) is 5.32 Å². The highest BCUT2D eigenvalue weighted by atomic mass is 16.9. The van der Waals surface area contributed by atoms with Crippen LogP contribution in [0.2, 0.25) is 0 Å². The lowest BCUT2D eigenvalue weighted by Crippen LogP contribution is -2.66. The fourth-order valence-corrected chi connectivity index (χ4v) is 5.49. The average Bonchev–Trinajstić information content (AvgIpc) is 3.37. The number of rotatable bonds is 8. The topological polar surface area (TPSA) is 199 Å². The van der Waals surface area contributed by atoms with Gasteiger partial charge in [0.25, 0.3) is 0 Å². The van der Waals surface area contributed by atoms with Crippen LogP contribution in [0.3, 0.4) is 0 Å². The molecule has 17 nitrogen and oxygen atoms in total. The Kier molecular flexibility index (Phi) is 10.1. The zero-order chi connectivity index (χ0) is 32.6. The predicted molar refractivity (Wildman–Crippen MR) is 139 cm³/mol. The SMILES string of the molecule is CC(=O)OC[C@H]1O[C@@H](NC(=O)OC[C@H]2O[C@@H]3OC(C)(C)O[C@@H]3[C@H]3OC(C)(C)O[C@H]32)[C@H](OC(C)=O)[C@@H](OC(C)=O)[C@@H]1OC(C)=O. The van der Waals surface area contributed by atoms with Crippen LogP contribution in [0.15, 0.2) is 0 Å². The molecule has 248 valence electrons. The van der Waals surface area contributed by atoms with Crippen molar-refractivity contribution in [3.8, 4) is 0 Å². The van der Waals surface area contributed by atoms with Gasteiger partial charge in [-0.3, -0.25) is 24.5 Å². The van der Waals surface area contributed by atoms with Gasteiger partial charge in [0.05, 0.1) is 0 Å². The standard InChI is InChI=1S/C27H39NO16/c1-11(29)34-9-15-17(36-12(2)30)19(37-13(3)31)21(38-14(4)32)23(39-15)28-25(33)35-10-16-18-20(42-26(5,6)41-18)22-24(40-16)44-27(7,8)43-22/h15-24H,9-10H2,1-8H3,(H,28,33)/t15-,16-,17-,18+,19+,20+,21-,22-,23-,24-/m1/s1. The number of nitrogens with one attached hydrogen (secondary N) is 1. The van der Waals surface area contributed by atoms with Gasteiger partial charge in [-0.05, 0) is 27.7 Å². The first-order valence-corrected chi connectivity index (χ1v) is 14.0. The fourth-order valence-electron chi connectivity index (χ4n) is 5.49. The first-order valence-electron chi connectivity index (χ1n) is 14.0. The van der Waals surface area contributed by atoms with Crippen LogP contribution < -0.4 is 5.32 Å². The second kappa shape index (κ2) is 13.1. The Morgan fingerprint density at radius 1 is 0.591 bits per heavy atom. The third-order valence-corrected chi connectivity index (χ3v) is 6.88. The van der Waals surface area contributed by atoms with E-state index in [-0.39, 0.29) is 6.61 Å². The molecular formula is C27H39NO16. The van der Waals surface area contributed by atoms with Gasteiger partial charge in [0.15, 0.2) is 42.4 Å². The van der Waals surface area contributed by atoms with Gasteiger partial charge in [0.2, 0.25) is 0 Å². The maximum Gasteiger partial charge on any atom is 0.409 e. The van der Waals surface area contributed by atoms with Crippen LogP contribution in [-0.4, -0.2) is 116 Å². The molecular weight excluding hydrogens is 594 g/mol. The van der Waals surface area contributed by atoms with Crippen LogP contribution in [0.1, 0.15) is 55.4 Å². The quantitative estimate of drug-likeness (QED) is 0.280. The summed E-state index contributed by atoms with van der Waals surface area (Å²) in [4.78, 5) is 60.5. The van der Waals surface area contributed by atoms with Crippen molar-refractivity contribution in [2.24, 2.45) is 0 Å². The number of carbonyl (C=O) groups is 5. The van der Waals surface area contributed by atoms with Crippen molar-refractivity contribution in [1.29, 1.82) is 0 Å². The monoisotopic (exact) mass is 633 g/mol. The molecule has 4 aliphatic heterocycles. The molecule has 0 spiro atoms. The van der Waals surface area contributed by atoms with Crippen molar-refractivity contribution >= 4 is 30.0 Å². The smallest absolute Gasteiger partial charge is 0.409 e. The Balaban J connectivity index is 1.50. The van der Waals surface area contributed by atoms with E-state index in [2.05, 4.69) is 5.32 Å². The highest BCUT2D eigenvalue weighted by molar-refractivity contribution is 5.70. The molecule has 4 saturated heterocycles. The molecule has 44 heavy (non-hydrogen) atoms. The number of hydrogen-bond donors (Lipinski definition) is 1. The van der Waals surface area contributed by atoms with E-state index in [4.69, 9.17) is 52.1 Å². The minimum absolute atomic E-state index is 0.329. The molecule has 0 unspecified atom stereocenters. The third kappa shape index (κ3) is 8.13. The Hall–Kier alpha value is -3.09. The van der Waals surface area contributed by atoms with Crippen LogP contribution in [0.5, 0.6) is 0 Å². The van der Waals surface area contributed by atoms with Crippen LogP contribution in [0.25, 0.3) is 0 Å². The van der Waals surface area contributed by atoms with Gasteiger partial charge in [-0.15, -0.1) is 0 Å².